The van der Waals surface area contributed by atoms with Crippen molar-refractivity contribution in [2.24, 2.45) is 18.4 Å². The molecule has 5 amide bonds. The first kappa shape index (κ1) is 56.3. The van der Waals surface area contributed by atoms with E-state index in [0.29, 0.717) is 77.6 Å². The molecular formula is C62H69F2N11O9. The highest BCUT2D eigenvalue weighted by molar-refractivity contribution is 6.02. The second-order valence-electron chi connectivity index (χ2n) is 24.7. The Morgan fingerprint density at radius 3 is 2.55 bits per heavy atom. The number of piperidine rings is 2. The summed E-state index contributed by atoms with van der Waals surface area (Å²) in [6.45, 7) is 9.45. The molecule has 4 unspecified atom stereocenters. The molecule has 3 aromatic heterocycles. The average Bonchev–Trinajstić information content (AvgIpc) is 2.19. The van der Waals surface area contributed by atoms with E-state index >= 15 is 8.78 Å². The number of rotatable bonds is 13. The Bertz CT molecular complexity index is 3770. The molecule has 0 saturated carbocycles. The van der Waals surface area contributed by atoms with E-state index in [1.165, 1.54) is 21.4 Å². The van der Waals surface area contributed by atoms with Crippen LogP contribution in [-0.4, -0.2) is 150 Å². The molecule has 6 aliphatic rings. The molecule has 440 valence electrons. The molecule has 6 aliphatic heterocycles. The second-order valence-corrected chi connectivity index (χ2v) is 24.7. The summed E-state index contributed by atoms with van der Waals surface area (Å²) in [5.74, 6) is 0.838. The fourth-order valence-electron chi connectivity index (χ4n) is 14.7. The lowest BCUT2D eigenvalue weighted by Gasteiger charge is -2.42. The number of imidazole rings is 1. The van der Waals surface area contributed by atoms with Gasteiger partial charge in [0.05, 0.1) is 39.6 Å². The number of ether oxygens (including phenoxy) is 2. The number of alkyl carbamates (subject to hydrolysis) is 1. The van der Waals surface area contributed by atoms with Gasteiger partial charge < -0.3 is 29.7 Å². The van der Waals surface area contributed by atoms with Gasteiger partial charge in [0.1, 0.15) is 42.1 Å². The zero-order valence-electron chi connectivity index (χ0n) is 47.7. The molecule has 3 N–H and O–H groups in total. The summed E-state index contributed by atoms with van der Waals surface area (Å²) in [5, 5.41) is 16.8. The van der Waals surface area contributed by atoms with E-state index in [1.807, 2.05) is 28.0 Å². The zero-order chi connectivity index (χ0) is 58.9. The molecule has 3 aromatic carbocycles. The van der Waals surface area contributed by atoms with Crippen molar-refractivity contribution in [2.75, 3.05) is 57.4 Å². The van der Waals surface area contributed by atoms with Gasteiger partial charge in [-0.3, -0.25) is 43.6 Å². The van der Waals surface area contributed by atoms with Gasteiger partial charge in [0, 0.05) is 75.8 Å². The van der Waals surface area contributed by atoms with Gasteiger partial charge >= 0.3 is 23.9 Å². The van der Waals surface area contributed by atoms with E-state index in [1.54, 1.807) is 36.2 Å². The molecule has 0 spiro atoms. The third-order valence-corrected chi connectivity index (χ3v) is 19.0. The Hall–Kier alpha value is -8.19. The molecule has 20 nitrogen and oxygen atoms in total. The van der Waals surface area contributed by atoms with Crippen LogP contribution < -0.4 is 26.0 Å². The first-order valence-corrected chi connectivity index (χ1v) is 29.3. The standard InChI is InChI=1S/C62H69F2N11O9/c1-6-40-44(63)15-13-36-10-7-11-41(51(36)40)53-52(64)54-42(30-66-53)55(72-31-39-29-43(61(2,3)4)48(32-72)74(39)60(81)82)69-57(68-54)84-34-62-22-9-25-73(62)38(19-23-62)33-83-58(79)65-24-8-12-50(77)71-26-20-35(21-27-71)37-14-16-45-47(28-37)70(5)59(80)75(45)46-17-18-49(76)67-56(46)78/h1,7,10-11,13-16,28,30,35,38-39,43,46,48H,8-9,12,17-27,29,31-34H2,2-5H3,(H,65,79)(H,81,82)(H,67,76,78)/t38-,39?,43?,46?,48?,62-/m0/s1. The topological polar surface area (TPSA) is 227 Å². The number of carbonyl (C=O) groups excluding carboxylic acids is 4. The SMILES string of the molecule is C#Cc1c(F)ccc2cccc(-c3ncc4c(N5CC6CC(C(C)(C)C)C(C5)N6C(=O)O)nc(OC[C@@]56CCCN5[C@H](COC(=O)NCCCC(=O)N5CCC(c7ccc8c(c7)n(C)c(=O)n8C7CCC(=O)NC7=O)CC5)CC6)nc4c3F)c12. The number of nitrogens with one attached hydrogen (secondary N) is 2. The fourth-order valence-corrected chi connectivity index (χ4v) is 14.7. The van der Waals surface area contributed by atoms with Gasteiger partial charge in [0.15, 0.2) is 5.82 Å². The van der Waals surface area contributed by atoms with Crippen LogP contribution in [-0.2, 0) is 26.2 Å². The number of anilines is 1. The van der Waals surface area contributed by atoms with Gasteiger partial charge in [0.2, 0.25) is 17.7 Å². The van der Waals surface area contributed by atoms with Gasteiger partial charge in [-0.2, -0.15) is 9.97 Å². The average molecular weight is 1150 g/mol. The van der Waals surface area contributed by atoms with E-state index in [0.717, 1.165) is 50.6 Å². The van der Waals surface area contributed by atoms with Gasteiger partial charge in [-0.1, -0.05) is 57.0 Å². The van der Waals surface area contributed by atoms with E-state index in [-0.39, 0.29) is 115 Å². The lowest BCUT2D eigenvalue weighted by molar-refractivity contribution is -0.136. The molecule has 84 heavy (non-hydrogen) atoms. The summed E-state index contributed by atoms with van der Waals surface area (Å²) < 4.78 is 48.1. The highest BCUT2D eigenvalue weighted by Crippen LogP contribution is 2.47. The van der Waals surface area contributed by atoms with Crippen molar-refractivity contribution in [3.63, 3.8) is 0 Å². The second kappa shape index (κ2) is 22.1. The van der Waals surface area contributed by atoms with E-state index in [9.17, 15) is 33.9 Å². The van der Waals surface area contributed by atoms with E-state index in [2.05, 4.69) is 47.2 Å². The molecule has 22 heteroatoms. The van der Waals surface area contributed by atoms with Crippen LogP contribution in [0, 0.1) is 35.3 Å². The van der Waals surface area contributed by atoms with Crippen molar-refractivity contribution >= 4 is 68.4 Å². The Balaban J connectivity index is 0.675. The Morgan fingerprint density at radius 2 is 1.79 bits per heavy atom. The number of benzene rings is 3. The Labute approximate surface area is 483 Å². The molecule has 0 aliphatic carbocycles. The number of aryl methyl sites for hydroxylation is 1. The molecule has 2 bridgehead atoms. The number of piperazine rings is 1. The van der Waals surface area contributed by atoms with Crippen LogP contribution in [0.3, 0.4) is 0 Å². The molecular weight excluding hydrogens is 1080 g/mol. The van der Waals surface area contributed by atoms with E-state index < -0.39 is 41.3 Å². The molecule has 6 aromatic rings. The number of carboxylic acid groups (broad SMARTS) is 1. The number of aromatic nitrogens is 5. The van der Waals surface area contributed by atoms with Crippen LogP contribution in [0.1, 0.15) is 114 Å². The number of carbonyl (C=O) groups is 5. The fraction of sp³-hybridized carbons (Fsp3) is 0.500. The number of amides is 5. The summed E-state index contributed by atoms with van der Waals surface area (Å²) in [5.41, 5.74) is 1.58. The predicted octanol–water partition coefficient (Wildman–Crippen LogP) is 7.63. The molecule has 0 radical (unpaired) electrons. The predicted molar refractivity (Wildman–Crippen MR) is 308 cm³/mol. The number of pyridine rings is 1. The molecule has 12 rings (SSSR count). The number of fused-ring (bicyclic) bond motifs is 6. The van der Waals surface area contributed by atoms with Crippen molar-refractivity contribution in [3.8, 4) is 29.6 Å². The Kier molecular flexibility index (Phi) is 14.8. The van der Waals surface area contributed by atoms with Crippen LogP contribution >= 0.6 is 0 Å². The summed E-state index contributed by atoms with van der Waals surface area (Å²) >= 11 is 0. The number of nitrogens with zero attached hydrogens (tertiary/aromatic N) is 9. The summed E-state index contributed by atoms with van der Waals surface area (Å²) in [7, 11) is 1.68. The summed E-state index contributed by atoms with van der Waals surface area (Å²) in [6, 6.07) is 12.3. The maximum absolute atomic E-state index is 17.5. The zero-order valence-corrected chi connectivity index (χ0v) is 47.7. The van der Waals surface area contributed by atoms with Gasteiger partial charge in [0.25, 0.3) is 0 Å². The minimum atomic E-state index is -0.979. The van der Waals surface area contributed by atoms with Gasteiger partial charge in [-0.25, -0.2) is 23.2 Å². The summed E-state index contributed by atoms with van der Waals surface area (Å²) in [6.07, 6.45) is 12.2. The third-order valence-electron chi connectivity index (χ3n) is 19.0. The number of hydrogen-bond donors (Lipinski definition) is 3. The minimum Gasteiger partial charge on any atom is -0.465 e. The van der Waals surface area contributed by atoms with Crippen molar-refractivity contribution in [1.82, 2.24) is 49.4 Å². The monoisotopic (exact) mass is 1150 g/mol. The van der Waals surface area contributed by atoms with E-state index in [4.69, 9.17) is 25.9 Å². The molecule has 6 atom stereocenters. The highest BCUT2D eigenvalue weighted by Gasteiger charge is 2.53. The maximum Gasteiger partial charge on any atom is 0.407 e. The van der Waals surface area contributed by atoms with Crippen LogP contribution in [0.25, 0.3) is 44.0 Å². The number of hydrogen-bond acceptors (Lipinski definition) is 13. The smallest absolute Gasteiger partial charge is 0.407 e. The largest absolute Gasteiger partial charge is 0.465 e. The lowest BCUT2D eigenvalue weighted by atomic mass is 9.76. The third kappa shape index (κ3) is 10.1. The Morgan fingerprint density at radius 1 is 0.976 bits per heavy atom. The molecule has 9 heterocycles. The normalized spacial score (nSPS) is 23.8. The summed E-state index contributed by atoms with van der Waals surface area (Å²) in [4.78, 5) is 98.9. The first-order chi connectivity index (χ1) is 40.3. The number of terminal acetylenes is 1. The van der Waals surface area contributed by atoms with Crippen LogP contribution in [0.5, 0.6) is 6.01 Å². The van der Waals surface area contributed by atoms with Gasteiger partial charge in [-0.15, -0.1) is 6.42 Å². The number of imide groups is 1. The first-order valence-electron chi connectivity index (χ1n) is 29.3. The van der Waals surface area contributed by atoms with Crippen molar-refractivity contribution in [2.45, 2.75) is 127 Å². The maximum atomic E-state index is 17.5. The van der Waals surface area contributed by atoms with Crippen LogP contribution in [0.15, 0.2) is 59.5 Å². The van der Waals surface area contributed by atoms with Gasteiger partial charge in [-0.05, 0) is 111 Å². The highest BCUT2D eigenvalue weighted by atomic mass is 19.1. The lowest BCUT2D eigenvalue weighted by Crippen LogP contribution is -2.57. The molecule has 6 saturated heterocycles. The van der Waals surface area contributed by atoms with Crippen molar-refractivity contribution in [1.29, 1.82) is 0 Å². The van der Waals surface area contributed by atoms with Crippen molar-refractivity contribution in [3.05, 3.63) is 88.0 Å². The van der Waals surface area contributed by atoms with Crippen molar-refractivity contribution < 1.29 is 47.3 Å². The minimum absolute atomic E-state index is 0.0103. The quantitative estimate of drug-likeness (QED) is 0.0575. The van der Waals surface area contributed by atoms with Crippen LogP contribution in [0.4, 0.5) is 24.2 Å². The number of halogens is 2. The number of likely N-dealkylation sites (tertiary alicyclic amines) is 1. The molecule has 6 fully saturated rings. The van der Waals surface area contributed by atoms with Crippen LogP contribution in [0.2, 0.25) is 0 Å².